The fourth-order valence-corrected chi connectivity index (χ4v) is 5.19. The average Bonchev–Trinajstić information content (AvgIpc) is 3.31. The number of nitrogens with zero attached hydrogens (tertiary/aromatic N) is 2. The van der Waals surface area contributed by atoms with Gasteiger partial charge in [0.15, 0.2) is 16.7 Å². The van der Waals surface area contributed by atoms with Gasteiger partial charge in [-0.1, -0.05) is 50.1 Å². The van der Waals surface area contributed by atoms with Gasteiger partial charge in [-0.3, -0.25) is 4.79 Å². The van der Waals surface area contributed by atoms with Crippen LogP contribution in [0.25, 0.3) is 10.9 Å². The SMILES string of the molecule is CCC(Sc1nc(NC2CCCCC2)c2ccccc2n1)C(=O)Nc1ccc2c(c1)OCO2. The van der Waals surface area contributed by atoms with Gasteiger partial charge in [-0.15, -0.1) is 0 Å². The highest BCUT2D eigenvalue weighted by atomic mass is 32.2. The van der Waals surface area contributed by atoms with E-state index in [1.807, 2.05) is 37.3 Å². The van der Waals surface area contributed by atoms with Gasteiger partial charge in [-0.05, 0) is 43.5 Å². The molecule has 0 bridgehead atoms. The lowest BCUT2D eigenvalue weighted by Gasteiger charge is -2.24. The van der Waals surface area contributed by atoms with E-state index >= 15 is 0 Å². The van der Waals surface area contributed by atoms with Crippen molar-refractivity contribution in [3.63, 3.8) is 0 Å². The molecule has 1 aliphatic heterocycles. The second-order valence-electron chi connectivity index (χ2n) is 8.42. The summed E-state index contributed by atoms with van der Waals surface area (Å²) in [5.74, 6) is 2.11. The molecule has 5 rings (SSSR count). The Labute approximate surface area is 197 Å². The highest BCUT2D eigenvalue weighted by molar-refractivity contribution is 8.00. The van der Waals surface area contributed by atoms with Crippen LogP contribution >= 0.6 is 11.8 Å². The van der Waals surface area contributed by atoms with Crippen LogP contribution in [0.2, 0.25) is 0 Å². The minimum atomic E-state index is -0.320. The lowest BCUT2D eigenvalue weighted by atomic mass is 9.95. The number of amides is 1. The number of aromatic nitrogens is 2. The number of anilines is 2. The Bertz CT molecular complexity index is 1150. The molecule has 0 spiro atoms. The van der Waals surface area contributed by atoms with Crippen molar-refractivity contribution in [1.82, 2.24) is 9.97 Å². The van der Waals surface area contributed by atoms with Gasteiger partial charge in [0.1, 0.15) is 5.82 Å². The van der Waals surface area contributed by atoms with Crippen LogP contribution < -0.4 is 20.1 Å². The first kappa shape index (κ1) is 21.8. The number of carbonyl (C=O) groups is 1. The molecule has 33 heavy (non-hydrogen) atoms. The fraction of sp³-hybridized carbons (Fsp3) is 0.400. The summed E-state index contributed by atoms with van der Waals surface area (Å²) >= 11 is 1.40. The van der Waals surface area contributed by atoms with Gasteiger partial charge < -0.3 is 20.1 Å². The normalized spacial score (nSPS) is 16.5. The zero-order chi connectivity index (χ0) is 22.6. The lowest BCUT2D eigenvalue weighted by Crippen LogP contribution is -2.25. The van der Waals surface area contributed by atoms with Crippen molar-refractivity contribution in [1.29, 1.82) is 0 Å². The number of thioether (sulfide) groups is 1. The minimum Gasteiger partial charge on any atom is -0.454 e. The number of ether oxygens (including phenoxy) is 2. The molecule has 8 heteroatoms. The van der Waals surface area contributed by atoms with Gasteiger partial charge in [0.2, 0.25) is 12.7 Å². The zero-order valence-corrected chi connectivity index (χ0v) is 19.5. The molecule has 1 atom stereocenters. The number of benzene rings is 2. The third-order valence-electron chi connectivity index (χ3n) is 6.08. The van der Waals surface area contributed by atoms with Crippen molar-refractivity contribution in [2.24, 2.45) is 0 Å². The van der Waals surface area contributed by atoms with Crippen LogP contribution in [-0.2, 0) is 4.79 Å². The monoisotopic (exact) mass is 464 g/mol. The standard InChI is InChI=1S/C25H28N4O3S/c1-2-22(24(30)27-17-12-13-20-21(14-17)32-15-31-20)33-25-28-19-11-7-6-10-18(19)23(29-25)26-16-8-4-3-5-9-16/h6-7,10-14,16,22H,2-5,8-9,15H2,1H3,(H,27,30)(H,26,28,29). The molecule has 2 aromatic carbocycles. The van der Waals surface area contributed by atoms with E-state index in [1.54, 1.807) is 6.07 Å². The van der Waals surface area contributed by atoms with Crippen LogP contribution in [0.4, 0.5) is 11.5 Å². The molecule has 1 aliphatic carbocycles. The highest BCUT2D eigenvalue weighted by Gasteiger charge is 2.23. The first-order chi connectivity index (χ1) is 16.2. The van der Waals surface area contributed by atoms with Crippen LogP contribution in [0.5, 0.6) is 11.5 Å². The van der Waals surface area contributed by atoms with Gasteiger partial charge in [-0.2, -0.15) is 0 Å². The molecule has 1 fully saturated rings. The molecule has 1 aromatic heterocycles. The maximum absolute atomic E-state index is 13.0. The number of nitrogens with one attached hydrogen (secondary N) is 2. The fourth-order valence-electron chi connectivity index (χ4n) is 4.30. The summed E-state index contributed by atoms with van der Waals surface area (Å²) in [6.07, 6.45) is 6.79. The molecule has 2 aliphatic rings. The van der Waals surface area contributed by atoms with Crippen molar-refractivity contribution in [3.05, 3.63) is 42.5 Å². The Morgan fingerprint density at radius 2 is 1.91 bits per heavy atom. The zero-order valence-electron chi connectivity index (χ0n) is 18.7. The number of fused-ring (bicyclic) bond motifs is 2. The number of carbonyl (C=O) groups excluding carboxylic acids is 1. The van der Waals surface area contributed by atoms with E-state index in [0.29, 0.717) is 34.8 Å². The molecule has 2 heterocycles. The van der Waals surface area contributed by atoms with Crippen LogP contribution in [0.1, 0.15) is 45.4 Å². The molecule has 1 saturated carbocycles. The Morgan fingerprint density at radius 1 is 1.09 bits per heavy atom. The summed E-state index contributed by atoms with van der Waals surface area (Å²) in [4.78, 5) is 22.6. The summed E-state index contributed by atoms with van der Waals surface area (Å²) in [7, 11) is 0. The average molecular weight is 465 g/mol. The van der Waals surface area contributed by atoms with Crippen LogP contribution in [-0.4, -0.2) is 34.0 Å². The molecule has 0 radical (unpaired) electrons. The van der Waals surface area contributed by atoms with E-state index in [-0.39, 0.29) is 18.0 Å². The van der Waals surface area contributed by atoms with Gasteiger partial charge in [0.05, 0.1) is 10.8 Å². The number of hydrogen-bond donors (Lipinski definition) is 2. The number of hydrogen-bond acceptors (Lipinski definition) is 7. The van der Waals surface area contributed by atoms with Crippen molar-refractivity contribution >= 4 is 40.1 Å². The third-order valence-corrected chi connectivity index (χ3v) is 7.31. The molecule has 3 aromatic rings. The smallest absolute Gasteiger partial charge is 0.237 e. The first-order valence-electron chi connectivity index (χ1n) is 11.6. The lowest BCUT2D eigenvalue weighted by molar-refractivity contribution is -0.115. The molecule has 1 unspecified atom stereocenters. The van der Waals surface area contributed by atoms with E-state index in [9.17, 15) is 4.79 Å². The van der Waals surface area contributed by atoms with E-state index < -0.39 is 0 Å². The first-order valence-corrected chi connectivity index (χ1v) is 12.5. The largest absolute Gasteiger partial charge is 0.454 e. The predicted octanol–water partition coefficient (Wildman–Crippen LogP) is 5.61. The molecular weight excluding hydrogens is 436 g/mol. The molecule has 7 nitrogen and oxygen atoms in total. The molecule has 1 amide bonds. The third kappa shape index (κ3) is 5.00. The minimum absolute atomic E-state index is 0.0834. The molecule has 2 N–H and O–H groups in total. The summed E-state index contributed by atoms with van der Waals surface area (Å²) in [5, 5.41) is 7.96. The second-order valence-corrected chi connectivity index (χ2v) is 9.59. The van der Waals surface area contributed by atoms with Crippen molar-refractivity contribution in [3.8, 4) is 11.5 Å². The predicted molar refractivity (Wildman–Crippen MR) is 131 cm³/mol. The van der Waals surface area contributed by atoms with E-state index in [0.717, 1.165) is 29.6 Å². The van der Waals surface area contributed by atoms with Gasteiger partial charge >= 0.3 is 0 Å². The molecular formula is C25H28N4O3S. The van der Waals surface area contributed by atoms with E-state index in [1.165, 1.54) is 31.0 Å². The summed E-state index contributed by atoms with van der Waals surface area (Å²) in [5.41, 5.74) is 1.57. The Kier molecular flexibility index (Phi) is 6.53. The van der Waals surface area contributed by atoms with Crippen molar-refractivity contribution in [2.75, 3.05) is 17.4 Å². The van der Waals surface area contributed by atoms with Crippen LogP contribution in [0.15, 0.2) is 47.6 Å². The quantitative estimate of drug-likeness (QED) is 0.347. The topological polar surface area (TPSA) is 85.4 Å². The molecule has 0 saturated heterocycles. The maximum atomic E-state index is 13.0. The summed E-state index contributed by atoms with van der Waals surface area (Å²) in [6, 6.07) is 13.9. The Morgan fingerprint density at radius 3 is 2.76 bits per heavy atom. The van der Waals surface area contributed by atoms with Crippen LogP contribution in [0, 0.1) is 0 Å². The number of rotatable bonds is 7. The van der Waals surface area contributed by atoms with E-state index in [4.69, 9.17) is 19.4 Å². The summed E-state index contributed by atoms with van der Waals surface area (Å²) in [6.45, 7) is 2.20. The van der Waals surface area contributed by atoms with Crippen molar-refractivity contribution < 1.29 is 14.3 Å². The van der Waals surface area contributed by atoms with Gasteiger partial charge in [0.25, 0.3) is 0 Å². The maximum Gasteiger partial charge on any atom is 0.237 e. The highest BCUT2D eigenvalue weighted by Crippen LogP contribution is 2.35. The Hall–Kier alpha value is -3.00. The number of para-hydroxylation sites is 1. The van der Waals surface area contributed by atoms with Gasteiger partial charge in [-0.25, -0.2) is 9.97 Å². The van der Waals surface area contributed by atoms with Crippen molar-refractivity contribution in [2.45, 2.75) is 61.9 Å². The molecule has 172 valence electrons. The Balaban J connectivity index is 1.34. The van der Waals surface area contributed by atoms with Crippen LogP contribution in [0.3, 0.4) is 0 Å². The second kappa shape index (κ2) is 9.87. The summed E-state index contributed by atoms with van der Waals surface area (Å²) < 4.78 is 10.8. The van der Waals surface area contributed by atoms with E-state index in [2.05, 4.69) is 16.7 Å². The van der Waals surface area contributed by atoms with Gasteiger partial charge in [0, 0.05) is 23.2 Å².